The number of hydrogen-bond acceptors (Lipinski definition) is 5. The first-order valence-corrected chi connectivity index (χ1v) is 5.78. The van der Waals surface area contributed by atoms with E-state index in [1.54, 1.807) is 6.07 Å². The van der Waals surface area contributed by atoms with Gasteiger partial charge in [0.1, 0.15) is 12.1 Å². The Morgan fingerprint density at radius 3 is 3.11 bits per heavy atom. The summed E-state index contributed by atoms with van der Waals surface area (Å²) >= 11 is 1.11. The van der Waals surface area contributed by atoms with Gasteiger partial charge < -0.3 is 5.32 Å². The maximum Gasteiger partial charge on any atom is 0.286 e. The minimum absolute atomic E-state index is 0.240. The normalized spacial score (nSPS) is 10.7. The summed E-state index contributed by atoms with van der Waals surface area (Å²) in [6, 6.07) is 5.65. The molecule has 0 atom stereocenters. The first kappa shape index (κ1) is 10.8. The summed E-state index contributed by atoms with van der Waals surface area (Å²) in [6.45, 7) is 0. The number of fused-ring (bicyclic) bond motifs is 1. The Morgan fingerprint density at radius 1 is 1.44 bits per heavy atom. The van der Waals surface area contributed by atoms with Crippen LogP contribution in [0.3, 0.4) is 0 Å². The van der Waals surface area contributed by atoms with Crippen LogP contribution in [0.4, 0.5) is 10.1 Å². The quantitative estimate of drug-likeness (QED) is 0.761. The topological polar surface area (TPSA) is 72.2 Å². The van der Waals surface area contributed by atoms with Crippen LogP contribution in [-0.2, 0) is 0 Å². The van der Waals surface area contributed by atoms with Gasteiger partial charge in [0.05, 0.1) is 0 Å². The summed E-state index contributed by atoms with van der Waals surface area (Å²) in [7, 11) is 0. The maximum atomic E-state index is 13.0. The summed E-state index contributed by atoms with van der Waals surface area (Å²) in [5.41, 5.74) is 0.381. The van der Waals surface area contributed by atoms with Crippen LogP contribution in [0.5, 0.6) is 0 Å². The van der Waals surface area contributed by atoms with Crippen molar-refractivity contribution in [3.63, 3.8) is 0 Å². The molecule has 6 nitrogen and oxygen atoms in total. The fourth-order valence-corrected chi connectivity index (χ4v) is 2.12. The second-order valence-corrected chi connectivity index (χ2v) is 4.39. The zero-order valence-corrected chi connectivity index (χ0v) is 9.69. The molecule has 0 fully saturated rings. The lowest BCUT2D eigenvalue weighted by Gasteiger charge is -2.01. The van der Waals surface area contributed by atoms with E-state index in [0.717, 1.165) is 11.3 Å². The molecular formula is C10H6FN5OS. The van der Waals surface area contributed by atoms with Crippen LogP contribution in [0.2, 0.25) is 0 Å². The fraction of sp³-hybridized carbons (Fsp3) is 0. The van der Waals surface area contributed by atoms with Gasteiger partial charge in [-0.25, -0.2) is 4.39 Å². The largest absolute Gasteiger partial charge is 0.320 e. The standard InChI is InChI=1S/C10H6FN5OS/c11-6-2-1-3-7(4-6)13-8(17)9-15-16-5-12-14-10(16)18-9/h1-5H,(H,13,17). The Hall–Kier alpha value is -2.35. The lowest BCUT2D eigenvalue weighted by atomic mass is 10.3. The van der Waals surface area contributed by atoms with Gasteiger partial charge in [0, 0.05) is 5.69 Å². The van der Waals surface area contributed by atoms with Crippen molar-refractivity contribution in [2.45, 2.75) is 0 Å². The summed E-state index contributed by atoms with van der Waals surface area (Å²) in [6.07, 6.45) is 1.41. The SMILES string of the molecule is O=C(Nc1cccc(F)c1)c1nn2cnnc2s1. The Bertz CT molecular complexity index is 693. The van der Waals surface area contributed by atoms with Crippen LogP contribution in [0.1, 0.15) is 9.80 Å². The monoisotopic (exact) mass is 263 g/mol. The Kier molecular flexibility index (Phi) is 2.49. The van der Waals surface area contributed by atoms with E-state index in [1.807, 2.05) is 0 Å². The Labute approximate surface area is 104 Å². The minimum Gasteiger partial charge on any atom is -0.320 e. The van der Waals surface area contributed by atoms with Crippen molar-refractivity contribution in [3.8, 4) is 0 Å². The zero-order chi connectivity index (χ0) is 12.5. The highest BCUT2D eigenvalue weighted by molar-refractivity contribution is 7.18. The molecule has 0 saturated carbocycles. The van der Waals surface area contributed by atoms with Crippen molar-refractivity contribution < 1.29 is 9.18 Å². The predicted octanol–water partition coefficient (Wildman–Crippen LogP) is 1.58. The van der Waals surface area contributed by atoms with Gasteiger partial charge in [-0.3, -0.25) is 4.79 Å². The number of nitrogens with zero attached hydrogens (tertiary/aromatic N) is 4. The third kappa shape index (κ3) is 1.93. The van der Waals surface area contributed by atoms with Gasteiger partial charge in [0.15, 0.2) is 0 Å². The molecule has 18 heavy (non-hydrogen) atoms. The van der Waals surface area contributed by atoms with Gasteiger partial charge in [-0.2, -0.15) is 4.52 Å². The van der Waals surface area contributed by atoms with Gasteiger partial charge in [-0.15, -0.1) is 15.3 Å². The van der Waals surface area contributed by atoms with E-state index in [2.05, 4.69) is 20.6 Å². The average Bonchev–Trinajstić information content (AvgIpc) is 2.88. The number of aromatic nitrogens is 4. The second kappa shape index (κ2) is 4.15. The van der Waals surface area contributed by atoms with Crippen molar-refractivity contribution in [3.05, 3.63) is 41.4 Å². The predicted molar refractivity (Wildman–Crippen MR) is 63.0 cm³/mol. The number of nitrogens with one attached hydrogen (secondary N) is 1. The number of halogens is 1. The molecule has 1 aromatic carbocycles. The summed E-state index contributed by atoms with van der Waals surface area (Å²) in [4.78, 5) is 12.4. The summed E-state index contributed by atoms with van der Waals surface area (Å²) in [5, 5.41) is 14.2. The second-order valence-electron chi connectivity index (χ2n) is 3.43. The van der Waals surface area contributed by atoms with Gasteiger partial charge >= 0.3 is 0 Å². The molecule has 1 amide bonds. The number of hydrogen-bond donors (Lipinski definition) is 1. The van der Waals surface area contributed by atoms with E-state index in [9.17, 15) is 9.18 Å². The van der Waals surface area contributed by atoms with E-state index in [0.29, 0.717) is 10.6 Å². The average molecular weight is 263 g/mol. The number of carbonyl (C=O) groups is 1. The van der Waals surface area contributed by atoms with Crippen molar-refractivity contribution in [1.82, 2.24) is 19.8 Å². The molecule has 0 spiro atoms. The van der Waals surface area contributed by atoms with Crippen LogP contribution in [0.15, 0.2) is 30.6 Å². The highest BCUT2D eigenvalue weighted by Gasteiger charge is 2.13. The molecule has 0 aliphatic carbocycles. The molecule has 0 radical (unpaired) electrons. The third-order valence-corrected chi connectivity index (χ3v) is 3.08. The van der Waals surface area contributed by atoms with Crippen molar-refractivity contribution in [2.24, 2.45) is 0 Å². The molecule has 90 valence electrons. The van der Waals surface area contributed by atoms with Crippen molar-refractivity contribution in [2.75, 3.05) is 5.32 Å². The zero-order valence-electron chi connectivity index (χ0n) is 8.87. The Morgan fingerprint density at radius 2 is 2.33 bits per heavy atom. The molecule has 0 aliphatic heterocycles. The van der Waals surface area contributed by atoms with Gasteiger partial charge in [-0.05, 0) is 18.2 Å². The highest BCUT2D eigenvalue weighted by atomic mass is 32.1. The molecule has 3 aromatic rings. The maximum absolute atomic E-state index is 13.0. The van der Waals surface area contributed by atoms with Crippen molar-refractivity contribution in [1.29, 1.82) is 0 Å². The number of anilines is 1. The lowest BCUT2D eigenvalue weighted by Crippen LogP contribution is -2.12. The molecule has 2 heterocycles. The molecule has 8 heteroatoms. The first-order chi connectivity index (χ1) is 8.72. The van der Waals surface area contributed by atoms with Crippen LogP contribution < -0.4 is 5.32 Å². The van der Waals surface area contributed by atoms with Crippen LogP contribution >= 0.6 is 11.3 Å². The highest BCUT2D eigenvalue weighted by Crippen LogP contribution is 2.15. The van der Waals surface area contributed by atoms with Crippen LogP contribution in [-0.4, -0.2) is 25.7 Å². The fourth-order valence-electron chi connectivity index (χ4n) is 1.40. The van der Waals surface area contributed by atoms with Crippen LogP contribution in [0.25, 0.3) is 4.96 Å². The van der Waals surface area contributed by atoms with Crippen LogP contribution in [0, 0.1) is 5.82 Å². The minimum atomic E-state index is -0.411. The summed E-state index contributed by atoms with van der Waals surface area (Å²) < 4.78 is 14.4. The van der Waals surface area contributed by atoms with Gasteiger partial charge in [0.25, 0.3) is 5.91 Å². The van der Waals surface area contributed by atoms with E-state index >= 15 is 0 Å². The molecule has 1 N–H and O–H groups in total. The van der Waals surface area contributed by atoms with Crippen molar-refractivity contribution >= 4 is 27.9 Å². The molecule has 0 aliphatic rings. The number of amides is 1. The molecule has 0 saturated heterocycles. The molecule has 0 bridgehead atoms. The molecule has 3 rings (SSSR count). The third-order valence-electron chi connectivity index (χ3n) is 2.16. The van der Waals surface area contributed by atoms with E-state index in [4.69, 9.17) is 0 Å². The number of carbonyl (C=O) groups excluding carboxylic acids is 1. The van der Waals surface area contributed by atoms with E-state index in [1.165, 1.54) is 29.0 Å². The number of rotatable bonds is 2. The van der Waals surface area contributed by atoms with Gasteiger partial charge in [0.2, 0.25) is 9.97 Å². The Balaban J connectivity index is 1.85. The van der Waals surface area contributed by atoms with Gasteiger partial charge in [-0.1, -0.05) is 17.4 Å². The van der Waals surface area contributed by atoms with E-state index in [-0.39, 0.29) is 5.01 Å². The molecular weight excluding hydrogens is 257 g/mol. The summed E-state index contributed by atoms with van der Waals surface area (Å²) in [5.74, 6) is -0.818. The molecule has 0 unspecified atom stereocenters. The lowest BCUT2D eigenvalue weighted by molar-refractivity contribution is 0.102. The number of benzene rings is 1. The molecule has 2 aromatic heterocycles. The van der Waals surface area contributed by atoms with E-state index < -0.39 is 11.7 Å². The first-order valence-electron chi connectivity index (χ1n) is 4.96. The smallest absolute Gasteiger partial charge is 0.286 e.